The summed E-state index contributed by atoms with van der Waals surface area (Å²) in [5.74, 6) is -2.61. The molecule has 37 heavy (non-hydrogen) atoms. The molecule has 0 saturated carbocycles. The monoisotopic (exact) mass is 512 g/mol. The summed E-state index contributed by atoms with van der Waals surface area (Å²) in [5, 5.41) is 0. The van der Waals surface area contributed by atoms with E-state index in [1.165, 1.54) is 12.1 Å². The number of ether oxygens (including phenoxy) is 3. The molecule has 2 aromatic carbocycles. The van der Waals surface area contributed by atoms with Crippen LogP contribution in [-0.4, -0.2) is 66.3 Å². The van der Waals surface area contributed by atoms with Crippen LogP contribution in [0.2, 0.25) is 0 Å². The van der Waals surface area contributed by atoms with Crippen molar-refractivity contribution in [3.05, 3.63) is 65.2 Å². The highest BCUT2D eigenvalue weighted by Crippen LogP contribution is 2.33. The predicted molar refractivity (Wildman–Crippen MR) is 132 cm³/mol. The summed E-state index contributed by atoms with van der Waals surface area (Å²) in [6.45, 7) is 6.25. The van der Waals surface area contributed by atoms with Gasteiger partial charge in [-0.1, -0.05) is 32.1 Å². The Morgan fingerprint density at radius 1 is 1.05 bits per heavy atom. The van der Waals surface area contributed by atoms with E-state index in [4.69, 9.17) is 14.2 Å². The third-order valence-corrected chi connectivity index (χ3v) is 7.11. The highest BCUT2D eigenvalue weighted by Gasteiger charge is 2.43. The van der Waals surface area contributed by atoms with E-state index in [1.807, 2.05) is 26.0 Å². The molecule has 3 heterocycles. The minimum atomic E-state index is -0.843. The molecule has 9 heteroatoms. The van der Waals surface area contributed by atoms with Crippen LogP contribution in [0.25, 0.3) is 6.08 Å². The predicted octanol–water partition coefficient (Wildman–Crippen LogP) is 4.62. The Hall–Kier alpha value is -3.30. The minimum absolute atomic E-state index is 0.103. The lowest BCUT2D eigenvalue weighted by Crippen LogP contribution is -2.56. The maximum absolute atomic E-state index is 14.1. The highest BCUT2D eigenvalue weighted by molar-refractivity contribution is 6.01. The first-order chi connectivity index (χ1) is 17.8. The van der Waals surface area contributed by atoms with E-state index in [0.717, 1.165) is 12.1 Å². The molecule has 0 aromatic heterocycles. The van der Waals surface area contributed by atoms with Crippen LogP contribution in [0.1, 0.15) is 42.6 Å². The van der Waals surface area contributed by atoms with Crippen molar-refractivity contribution in [3.8, 4) is 11.5 Å². The minimum Gasteiger partial charge on any atom is -0.454 e. The molecular formula is C28H30F2N2O5. The number of hydrogen-bond donors (Lipinski definition) is 0. The van der Waals surface area contributed by atoms with E-state index in [1.54, 1.807) is 21.9 Å². The molecule has 2 fully saturated rings. The molecule has 3 aliphatic rings. The number of amides is 2. The van der Waals surface area contributed by atoms with Gasteiger partial charge in [0.25, 0.3) is 5.91 Å². The lowest BCUT2D eigenvalue weighted by molar-refractivity contribution is -0.188. The van der Waals surface area contributed by atoms with Crippen molar-refractivity contribution in [2.45, 2.75) is 38.5 Å². The summed E-state index contributed by atoms with van der Waals surface area (Å²) < 4.78 is 44.6. The maximum atomic E-state index is 14.1. The van der Waals surface area contributed by atoms with Crippen LogP contribution in [0, 0.1) is 17.6 Å². The summed E-state index contributed by atoms with van der Waals surface area (Å²) in [6, 6.07) is 7.23. The fourth-order valence-corrected chi connectivity index (χ4v) is 5.20. The molecule has 0 bridgehead atoms. The second-order valence-electron chi connectivity index (χ2n) is 9.91. The number of carbonyl (C=O) groups is 2. The Balaban J connectivity index is 1.37. The molecule has 0 aliphatic carbocycles. The number of halogens is 2. The summed E-state index contributed by atoms with van der Waals surface area (Å²) in [4.78, 5) is 30.9. The van der Waals surface area contributed by atoms with Crippen molar-refractivity contribution in [1.82, 2.24) is 9.80 Å². The summed E-state index contributed by atoms with van der Waals surface area (Å²) in [7, 11) is 0. The lowest BCUT2D eigenvalue weighted by Gasteiger charge is -2.41. The average Bonchev–Trinajstić information content (AvgIpc) is 3.26. The molecule has 5 rings (SSSR count). The number of likely N-dealkylation sites (tertiary alicyclic amines) is 1. The van der Waals surface area contributed by atoms with Gasteiger partial charge < -0.3 is 24.0 Å². The summed E-state index contributed by atoms with van der Waals surface area (Å²) >= 11 is 0. The fourth-order valence-electron chi connectivity index (χ4n) is 5.20. The number of hydrogen-bond acceptors (Lipinski definition) is 5. The smallest absolute Gasteiger partial charge is 0.255 e. The van der Waals surface area contributed by atoms with Gasteiger partial charge in [0.15, 0.2) is 17.4 Å². The lowest BCUT2D eigenvalue weighted by atomic mass is 9.96. The largest absolute Gasteiger partial charge is 0.454 e. The van der Waals surface area contributed by atoms with Gasteiger partial charge in [-0.2, -0.15) is 0 Å². The normalized spacial score (nSPS) is 19.8. The Morgan fingerprint density at radius 3 is 2.46 bits per heavy atom. The standard InChI is InChI=1S/C28H30F2N2O5/c1-18(2)25(27(34)31-12-9-28(10-13-31)35-14-15-36-28)32-11-3-4-19-5-7-21(17-22(19)26(32)33)37-24-8-6-20(29)16-23(24)30/h3-8,16-18,25H,9-15H2,1-2H3/t25-/m1/s1. The van der Waals surface area contributed by atoms with Crippen LogP contribution < -0.4 is 4.74 Å². The zero-order valence-electron chi connectivity index (χ0n) is 20.9. The van der Waals surface area contributed by atoms with Crippen molar-refractivity contribution in [3.63, 3.8) is 0 Å². The summed E-state index contributed by atoms with van der Waals surface area (Å²) in [5.41, 5.74) is 1.02. The zero-order valence-corrected chi connectivity index (χ0v) is 20.9. The Bertz CT molecular complexity index is 1220. The van der Waals surface area contributed by atoms with Crippen LogP contribution in [0.15, 0.2) is 42.5 Å². The molecule has 0 radical (unpaired) electrons. The van der Waals surface area contributed by atoms with Gasteiger partial charge in [-0.05, 0) is 35.7 Å². The van der Waals surface area contributed by atoms with Crippen molar-refractivity contribution in [1.29, 1.82) is 0 Å². The number of rotatable bonds is 5. The van der Waals surface area contributed by atoms with Gasteiger partial charge >= 0.3 is 0 Å². The van der Waals surface area contributed by atoms with E-state index in [-0.39, 0.29) is 35.8 Å². The van der Waals surface area contributed by atoms with Crippen molar-refractivity contribution >= 4 is 17.9 Å². The highest BCUT2D eigenvalue weighted by atomic mass is 19.1. The van der Waals surface area contributed by atoms with E-state index in [9.17, 15) is 18.4 Å². The third-order valence-electron chi connectivity index (χ3n) is 7.11. The van der Waals surface area contributed by atoms with Crippen LogP contribution in [-0.2, 0) is 14.3 Å². The van der Waals surface area contributed by atoms with Gasteiger partial charge in [-0.25, -0.2) is 8.78 Å². The van der Waals surface area contributed by atoms with Crippen LogP contribution in [0.5, 0.6) is 11.5 Å². The fraction of sp³-hybridized carbons (Fsp3) is 0.429. The van der Waals surface area contributed by atoms with Gasteiger partial charge in [0.2, 0.25) is 5.91 Å². The number of carbonyl (C=O) groups excluding carboxylic acids is 2. The van der Waals surface area contributed by atoms with Gasteiger partial charge in [0.1, 0.15) is 17.6 Å². The second kappa shape index (κ2) is 10.2. The molecule has 196 valence electrons. The third kappa shape index (κ3) is 5.10. The maximum Gasteiger partial charge on any atom is 0.255 e. The number of fused-ring (bicyclic) bond motifs is 1. The molecular weight excluding hydrogens is 482 g/mol. The average molecular weight is 513 g/mol. The SMILES string of the molecule is CC(C)[C@H](C(=O)N1CCC2(CC1)OCCO2)N1CC=Cc2ccc(Oc3ccc(F)cc3F)cc2C1=O. The van der Waals surface area contributed by atoms with Gasteiger partial charge in [0.05, 0.1) is 18.8 Å². The number of nitrogens with zero attached hydrogens (tertiary/aromatic N) is 2. The van der Waals surface area contributed by atoms with Crippen LogP contribution in [0.3, 0.4) is 0 Å². The molecule has 3 aliphatic heterocycles. The van der Waals surface area contributed by atoms with Crippen molar-refractivity contribution in [2.75, 3.05) is 32.8 Å². The van der Waals surface area contributed by atoms with Crippen molar-refractivity contribution in [2.24, 2.45) is 5.92 Å². The second-order valence-corrected chi connectivity index (χ2v) is 9.91. The van der Waals surface area contributed by atoms with E-state index in [0.29, 0.717) is 50.3 Å². The molecule has 7 nitrogen and oxygen atoms in total. The Labute approximate surface area is 214 Å². The Kier molecular flexibility index (Phi) is 7.00. The topological polar surface area (TPSA) is 68.3 Å². The van der Waals surface area contributed by atoms with E-state index >= 15 is 0 Å². The number of piperidine rings is 1. The number of benzene rings is 2. The van der Waals surface area contributed by atoms with Crippen LogP contribution >= 0.6 is 0 Å². The first kappa shape index (κ1) is 25.4. The zero-order chi connectivity index (χ0) is 26.2. The van der Waals surface area contributed by atoms with Crippen LogP contribution in [0.4, 0.5) is 8.78 Å². The molecule has 2 amide bonds. The van der Waals surface area contributed by atoms with Gasteiger partial charge in [-0.3, -0.25) is 9.59 Å². The molecule has 0 unspecified atom stereocenters. The Morgan fingerprint density at radius 2 is 1.78 bits per heavy atom. The molecule has 2 saturated heterocycles. The van der Waals surface area contributed by atoms with Crippen molar-refractivity contribution < 1.29 is 32.6 Å². The van der Waals surface area contributed by atoms with E-state index < -0.39 is 23.5 Å². The quantitative estimate of drug-likeness (QED) is 0.585. The molecule has 1 spiro atoms. The van der Waals surface area contributed by atoms with E-state index in [2.05, 4.69) is 0 Å². The molecule has 2 aromatic rings. The van der Waals surface area contributed by atoms with Gasteiger partial charge in [0, 0.05) is 38.5 Å². The summed E-state index contributed by atoms with van der Waals surface area (Å²) in [6.07, 6.45) is 4.89. The molecule has 0 N–H and O–H groups in total. The molecule has 1 atom stereocenters. The first-order valence-electron chi connectivity index (χ1n) is 12.6. The van der Waals surface area contributed by atoms with Gasteiger partial charge in [-0.15, -0.1) is 0 Å². The first-order valence-corrected chi connectivity index (χ1v) is 12.6.